The van der Waals surface area contributed by atoms with E-state index in [0.29, 0.717) is 42.3 Å². The van der Waals surface area contributed by atoms with E-state index in [-0.39, 0.29) is 11.8 Å². The van der Waals surface area contributed by atoms with Gasteiger partial charge in [-0.2, -0.15) is 0 Å². The molecule has 42 heavy (non-hydrogen) atoms. The van der Waals surface area contributed by atoms with Crippen LogP contribution in [-0.2, 0) is 19.6 Å². The molecule has 216 valence electrons. The summed E-state index contributed by atoms with van der Waals surface area (Å²) in [6.07, 6.45) is 0.901. The second-order valence-corrected chi connectivity index (χ2v) is 10.1. The molecular formula is C34H35N3O5. The van der Waals surface area contributed by atoms with Crippen molar-refractivity contribution >= 4 is 17.5 Å². The van der Waals surface area contributed by atoms with Crippen LogP contribution in [0.25, 0.3) is 0 Å². The number of benzene rings is 4. The highest BCUT2D eigenvalue weighted by Gasteiger charge is 2.20. The number of amides is 2. The minimum atomic E-state index is -0.302. The minimum absolute atomic E-state index is 0.237. The highest BCUT2D eigenvalue weighted by atomic mass is 16.5. The van der Waals surface area contributed by atoms with Crippen molar-refractivity contribution in [3.63, 3.8) is 0 Å². The highest BCUT2D eigenvalue weighted by molar-refractivity contribution is 6.09. The third kappa shape index (κ3) is 7.08. The lowest BCUT2D eigenvalue weighted by Gasteiger charge is -2.29. The molecule has 8 nitrogen and oxygen atoms in total. The second-order valence-electron chi connectivity index (χ2n) is 10.1. The largest absolute Gasteiger partial charge is 0.493 e. The maximum Gasteiger partial charge on any atom is 0.255 e. The van der Waals surface area contributed by atoms with Crippen LogP contribution >= 0.6 is 0 Å². The molecule has 0 aromatic heterocycles. The summed E-state index contributed by atoms with van der Waals surface area (Å²) in [6.45, 7) is 3.29. The maximum atomic E-state index is 13.1. The van der Waals surface area contributed by atoms with Crippen molar-refractivity contribution in [2.45, 2.75) is 19.6 Å². The van der Waals surface area contributed by atoms with Crippen LogP contribution in [0.1, 0.15) is 37.4 Å². The number of nitrogens with one attached hydrogen (secondary N) is 2. The normalized spacial score (nSPS) is 12.6. The van der Waals surface area contributed by atoms with E-state index in [1.807, 2.05) is 42.5 Å². The number of fused-ring (bicyclic) bond motifs is 1. The number of anilines is 1. The number of rotatable bonds is 11. The first kappa shape index (κ1) is 28.7. The Hall–Kier alpha value is -4.82. The Morgan fingerprint density at radius 1 is 0.810 bits per heavy atom. The SMILES string of the molecule is COc1cc2c(cc1OC)CN(CCNC(=O)c1ccccc1NC(=O)c1ccc(OCc3ccccc3)cc1)CC2. The number of para-hydroxylation sites is 1. The Morgan fingerprint density at radius 2 is 1.50 bits per heavy atom. The molecule has 2 amide bonds. The fourth-order valence-electron chi connectivity index (χ4n) is 4.98. The number of methoxy groups -OCH3 is 2. The van der Waals surface area contributed by atoms with Gasteiger partial charge in [0.2, 0.25) is 0 Å². The Bertz CT molecular complexity index is 1520. The molecule has 8 heteroatoms. The number of hydrogen-bond donors (Lipinski definition) is 2. The van der Waals surface area contributed by atoms with Crippen LogP contribution < -0.4 is 24.8 Å². The second kappa shape index (κ2) is 13.7. The van der Waals surface area contributed by atoms with E-state index in [2.05, 4.69) is 15.5 Å². The number of carbonyl (C=O) groups is 2. The van der Waals surface area contributed by atoms with E-state index >= 15 is 0 Å². The van der Waals surface area contributed by atoms with Gasteiger partial charge >= 0.3 is 0 Å². The fraction of sp³-hybridized carbons (Fsp3) is 0.235. The van der Waals surface area contributed by atoms with Gasteiger partial charge < -0.3 is 24.8 Å². The molecule has 1 aliphatic rings. The van der Waals surface area contributed by atoms with Gasteiger partial charge in [0.1, 0.15) is 12.4 Å². The smallest absolute Gasteiger partial charge is 0.255 e. The van der Waals surface area contributed by atoms with Gasteiger partial charge in [0.15, 0.2) is 11.5 Å². The highest BCUT2D eigenvalue weighted by Crippen LogP contribution is 2.33. The average molecular weight is 566 g/mol. The van der Waals surface area contributed by atoms with Crippen molar-refractivity contribution in [3.8, 4) is 17.2 Å². The van der Waals surface area contributed by atoms with Crippen LogP contribution in [-0.4, -0.2) is 50.6 Å². The van der Waals surface area contributed by atoms with Gasteiger partial charge in [-0.1, -0.05) is 42.5 Å². The van der Waals surface area contributed by atoms with Gasteiger partial charge in [0, 0.05) is 31.7 Å². The minimum Gasteiger partial charge on any atom is -0.493 e. The van der Waals surface area contributed by atoms with E-state index in [1.165, 1.54) is 11.1 Å². The molecule has 0 saturated heterocycles. The molecule has 4 aromatic rings. The van der Waals surface area contributed by atoms with E-state index in [9.17, 15) is 9.59 Å². The van der Waals surface area contributed by atoms with Gasteiger partial charge in [0.25, 0.3) is 11.8 Å². The number of carbonyl (C=O) groups excluding carboxylic acids is 2. The summed E-state index contributed by atoms with van der Waals surface area (Å²) in [5.41, 5.74) is 4.86. The van der Waals surface area contributed by atoms with Crippen molar-refractivity contribution in [2.75, 3.05) is 39.2 Å². The summed E-state index contributed by atoms with van der Waals surface area (Å²) in [7, 11) is 3.28. The molecule has 2 N–H and O–H groups in total. The van der Waals surface area contributed by atoms with E-state index in [0.717, 1.165) is 36.6 Å². The fourth-order valence-corrected chi connectivity index (χ4v) is 4.98. The molecule has 0 saturated carbocycles. The summed E-state index contributed by atoms with van der Waals surface area (Å²) in [6, 6.07) is 27.9. The predicted molar refractivity (Wildman–Crippen MR) is 162 cm³/mol. The first-order valence-corrected chi connectivity index (χ1v) is 14.0. The lowest BCUT2D eigenvalue weighted by atomic mass is 9.99. The van der Waals surface area contributed by atoms with Crippen molar-refractivity contribution in [1.29, 1.82) is 0 Å². The van der Waals surface area contributed by atoms with Gasteiger partial charge in [0.05, 0.1) is 25.5 Å². The molecule has 0 bridgehead atoms. The quantitative estimate of drug-likeness (QED) is 0.256. The molecule has 0 atom stereocenters. The van der Waals surface area contributed by atoms with E-state index in [4.69, 9.17) is 14.2 Å². The van der Waals surface area contributed by atoms with Crippen LogP contribution in [0.5, 0.6) is 17.2 Å². The number of nitrogens with zero attached hydrogens (tertiary/aromatic N) is 1. The van der Waals surface area contributed by atoms with Crippen LogP contribution in [0.15, 0.2) is 91.0 Å². The Labute approximate surface area is 246 Å². The third-order valence-electron chi connectivity index (χ3n) is 7.30. The lowest BCUT2D eigenvalue weighted by Crippen LogP contribution is -2.38. The molecule has 0 fully saturated rings. The maximum absolute atomic E-state index is 13.1. The van der Waals surface area contributed by atoms with Crippen molar-refractivity contribution in [3.05, 3.63) is 119 Å². The number of hydrogen-bond acceptors (Lipinski definition) is 6. The summed E-state index contributed by atoms with van der Waals surface area (Å²) >= 11 is 0. The summed E-state index contributed by atoms with van der Waals surface area (Å²) in [4.78, 5) is 28.4. The van der Waals surface area contributed by atoms with Crippen molar-refractivity contribution in [1.82, 2.24) is 10.2 Å². The third-order valence-corrected chi connectivity index (χ3v) is 7.30. The summed E-state index contributed by atoms with van der Waals surface area (Å²) in [5, 5.41) is 5.89. The molecule has 5 rings (SSSR count). The summed E-state index contributed by atoms with van der Waals surface area (Å²) in [5.74, 6) is 1.60. The first-order chi connectivity index (χ1) is 20.5. The molecular weight excluding hydrogens is 530 g/mol. The molecule has 4 aromatic carbocycles. The predicted octanol–water partition coefficient (Wildman–Crippen LogP) is 5.32. The van der Waals surface area contributed by atoms with E-state index < -0.39 is 0 Å². The zero-order chi connectivity index (χ0) is 29.3. The Morgan fingerprint density at radius 3 is 2.24 bits per heavy atom. The van der Waals surface area contributed by atoms with Gasteiger partial charge in [-0.25, -0.2) is 0 Å². The van der Waals surface area contributed by atoms with Crippen LogP contribution in [0, 0.1) is 0 Å². The molecule has 1 heterocycles. The topological polar surface area (TPSA) is 89.1 Å². The van der Waals surface area contributed by atoms with Crippen molar-refractivity contribution < 1.29 is 23.8 Å². The molecule has 1 aliphatic heterocycles. The zero-order valence-electron chi connectivity index (χ0n) is 23.9. The van der Waals surface area contributed by atoms with Crippen molar-refractivity contribution in [2.24, 2.45) is 0 Å². The number of ether oxygens (including phenoxy) is 3. The zero-order valence-corrected chi connectivity index (χ0v) is 23.9. The van der Waals surface area contributed by atoms with Gasteiger partial charge in [-0.15, -0.1) is 0 Å². The van der Waals surface area contributed by atoms with Crippen LogP contribution in [0.4, 0.5) is 5.69 Å². The average Bonchev–Trinajstić information content (AvgIpc) is 3.04. The van der Waals surface area contributed by atoms with E-state index in [1.54, 1.807) is 62.8 Å². The molecule has 0 aliphatic carbocycles. The van der Waals surface area contributed by atoms with Crippen LogP contribution in [0.3, 0.4) is 0 Å². The summed E-state index contributed by atoms with van der Waals surface area (Å²) < 4.78 is 16.7. The molecule has 0 spiro atoms. The monoisotopic (exact) mass is 565 g/mol. The van der Waals surface area contributed by atoms with Gasteiger partial charge in [-0.05, 0) is 71.6 Å². The Kier molecular flexibility index (Phi) is 9.36. The van der Waals surface area contributed by atoms with Gasteiger partial charge in [-0.3, -0.25) is 14.5 Å². The molecule has 0 radical (unpaired) electrons. The lowest BCUT2D eigenvalue weighted by molar-refractivity contribution is 0.0948. The Balaban J connectivity index is 1.13. The standard InChI is InChI=1S/C34H35N3O5/c1-40-31-20-26-16-18-37(22-27(26)21-32(31)41-2)19-17-35-34(39)29-10-6-7-11-30(29)36-33(38)25-12-14-28(15-13-25)42-23-24-8-4-3-5-9-24/h3-15,20-21H,16-19,22-23H2,1-2H3,(H,35,39)(H,36,38). The molecule has 0 unspecified atom stereocenters. The first-order valence-electron chi connectivity index (χ1n) is 14.0. The van der Waals surface area contributed by atoms with Crippen LogP contribution in [0.2, 0.25) is 0 Å².